The Labute approximate surface area is 132 Å². The Bertz CT molecular complexity index is 591. The van der Waals surface area contributed by atoms with Gasteiger partial charge in [-0.1, -0.05) is 49.4 Å². The summed E-state index contributed by atoms with van der Waals surface area (Å²) >= 11 is 2.00. The van der Waals surface area contributed by atoms with E-state index in [0.717, 1.165) is 12.8 Å². The summed E-state index contributed by atoms with van der Waals surface area (Å²) < 4.78 is 0. The number of nitrogens with one attached hydrogen (secondary N) is 1. The van der Waals surface area contributed by atoms with Crippen molar-refractivity contribution in [3.05, 3.63) is 65.2 Å². The summed E-state index contributed by atoms with van der Waals surface area (Å²) in [5.74, 6) is 1.81. The molecule has 2 aromatic carbocycles. The number of benzene rings is 2. The highest BCUT2D eigenvalue weighted by Gasteiger charge is 2.29. The first kappa shape index (κ1) is 14.7. The quantitative estimate of drug-likeness (QED) is 0.884. The number of hydrogen-bond donors (Lipinski definition) is 1. The molecule has 1 aliphatic rings. The SMILES string of the molecule is CCc1ccc(CC(NC)C2CSc3ccccc32)cc1. The van der Waals surface area contributed by atoms with Gasteiger partial charge in [-0.25, -0.2) is 0 Å². The Kier molecular flexibility index (Phi) is 4.67. The van der Waals surface area contributed by atoms with Crippen LogP contribution in [0.25, 0.3) is 0 Å². The Morgan fingerprint density at radius 2 is 1.81 bits per heavy atom. The molecule has 110 valence electrons. The average molecular weight is 297 g/mol. The van der Waals surface area contributed by atoms with Gasteiger partial charge in [0.1, 0.15) is 0 Å². The molecule has 1 N–H and O–H groups in total. The molecule has 2 heteroatoms. The summed E-state index contributed by atoms with van der Waals surface area (Å²) in [7, 11) is 2.09. The molecular weight excluding hydrogens is 274 g/mol. The van der Waals surface area contributed by atoms with E-state index in [1.807, 2.05) is 11.8 Å². The molecule has 2 aromatic rings. The van der Waals surface area contributed by atoms with E-state index in [4.69, 9.17) is 0 Å². The van der Waals surface area contributed by atoms with Gasteiger partial charge >= 0.3 is 0 Å². The smallest absolute Gasteiger partial charge is 0.0182 e. The topological polar surface area (TPSA) is 12.0 Å². The maximum atomic E-state index is 3.55. The average Bonchev–Trinajstić information content (AvgIpc) is 2.97. The Hall–Kier alpha value is -1.25. The van der Waals surface area contributed by atoms with Crippen LogP contribution in [0.2, 0.25) is 0 Å². The maximum absolute atomic E-state index is 3.55. The largest absolute Gasteiger partial charge is 0.316 e. The van der Waals surface area contributed by atoms with Crippen LogP contribution in [0.15, 0.2) is 53.4 Å². The zero-order valence-electron chi connectivity index (χ0n) is 12.8. The molecule has 0 aliphatic carbocycles. The number of rotatable bonds is 5. The molecule has 0 saturated carbocycles. The van der Waals surface area contributed by atoms with Crippen molar-refractivity contribution in [3.63, 3.8) is 0 Å². The van der Waals surface area contributed by atoms with Gasteiger partial charge in [-0.3, -0.25) is 0 Å². The zero-order chi connectivity index (χ0) is 14.7. The van der Waals surface area contributed by atoms with Crippen molar-refractivity contribution in [1.82, 2.24) is 5.32 Å². The first-order valence-corrected chi connectivity index (χ1v) is 8.77. The molecule has 0 spiro atoms. The van der Waals surface area contributed by atoms with Crippen LogP contribution in [0.5, 0.6) is 0 Å². The van der Waals surface area contributed by atoms with Gasteiger partial charge < -0.3 is 5.32 Å². The van der Waals surface area contributed by atoms with Crippen LogP contribution in [0.3, 0.4) is 0 Å². The minimum Gasteiger partial charge on any atom is -0.316 e. The van der Waals surface area contributed by atoms with Crippen molar-refractivity contribution in [2.24, 2.45) is 0 Å². The van der Waals surface area contributed by atoms with Crippen molar-refractivity contribution >= 4 is 11.8 Å². The predicted octanol–water partition coefficient (Wildman–Crippen LogP) is 4.27. The highest BCUT2D eigenvalue weighted by molar-refractivity contribution is 7.99. The second-order valence-electron chi connectivity index (χ2n) is 5.72. The Balaban J connectivity index is 1.76. The molecule has 2 unspecified atom stereocenters. The summed E-state index contributed by atoms with van der Waals surface area (Å²) in [4.78, 5) is 1.46. The summed E-state index contributed by atoms with van der Waals surface area (Å²) in [6.07, 6.45) is 2.21. The fourth-order valence-corrected chi connectivity index (χ4v) is 4.46. The van der Waals surface area contributed by atoms with Crippen molar-refractivity contribution in [3.8, 4) is 0 Å². The summed E-state index contributed by atoms with van der Waals surface area (Å²) in [6.45, 7) is 2.21. The molecule has 21 heavy (non-hydrogen) atoms. The van der Waals surface area contributed by atoms with Crippen LogP contribution in [0.1, 0.15) is 29.5 Å². The van der Waals surface area contributed by atoms with E-state index >= 15 is 0 Å². The molecule has 0 bridgehead atoms. The van der Waals surface area contributed by atoms with E-state index in [9.17, 15) is 0 Å². The number of aryl methyl sites for hydroxylation is 1. The third-order valence-electron chi connectivity index (χ3n) is 4.48. The molecule has 0 amide bonds. The second kappa shape index (κ2) is 6.67. The van der Waals surface area contributed by atoms with Crippen LogP contribution in [0.4, 0.5) is 0 Å². The van der Waals surface area contributed by atoms with Crippen LogP contribution < -0.4 is 5.32 Å². The molecule has 0 aromatic heterocycles. The first-order chi connectivity index (χ1) is 10.3. The number of fused-ring (bicyclic) bond motifs is 1. The summed E-state index contributed by atoms with van der Waals surface area (Å²) in [5, 5.41) is 3.55. The lowest BCUT2D eigenvalue weighted by Crippen LogP contribution is -2.34. The molecule has 1 heterocycles. The fraction of sp³-hybridized carbons (Fsp3) is 0.368. The van der Waals surface area contributed by atoms with E-state index in [1.54, 1.807) is 0 Å². The normalized spacial score (nSPS) is 18.5. The lowest BCUT2D eigenvalue weighted by Gasteiger charge is -2.24. The molecule has 2 atom stereocenters. The number of thioether (sulfide) groups is 1. The van der Waals surface area contributed by atoms with E-state index in [2.05, 4.69) is 67.8 Å². The standard InChI is InChI=1S/C19H23NS/c1-3-14-8-10-15(11-9-14)12-18(20-2)17-13-21-19-7-5-4-6-16(17)19/h4-11,17-18,20H,3,12-13H2,1-2H3. The van der Waals surface area contributed by atoms with Gasteiger partial charge in [0.05, 0.1) is 0 Å². The number of likely N-dealkylation sites (N-methyl/N-ethyl adjacent to an activating group) is 1. The van der Waals surface area contributed by atoms with E-state index in [1.165, 1.54) is 27.3 Å². The molecular formula is C19H23NS. The molecule has 1 aliphatic heterocycles. The lowest BCUT2D eigenvalue weighted by molar-refractivity contribution is 0.489. The Morgan fingerprint density at radius 1 is 1.10 bits per heavy atom. The van der Waals surface area contributed by atoms with Gasteiger partial charge in [0.25, 0.3) is 0 Å². The van der Waals surface area contributed by atoms with Gasteiger partial charge in [-0.15, -0.1) is 11.8 Å². The minimum atomic E-state index is 0.508. The van der Waals surface area contributed by atoms with Crippen LogP contribution in [-0.2, 0) is 12.8 Å². The van der Waals surface area contributed by atoms with Gasteiger partial charge in [0, 0.05) is 22.6 Å². The fourth-order valence-electron chi connectivity index (χ4n) is 3.13. The predicted molar refractivity (Wildman–Crippen MR) is 92.3 cm³/mol. The molecule has 0 saturated heterocycles. The third-order valence-corrected chi connectivity index (χ3v) is 5.69. The highest BCUT2D eigenvalue weighted by atomic mass is 32.2. The second-order valence-corrected chi connectivity index (χ2v) is 6.79. The van der Waals surface area contributed by atoms with E-state index < -0.39 is 0 Å². The molecule has 1 nitrogen and oxygen atoms in total. The van der Waals surface area contributed by atoms with Gasteiger partial charge in [-0.05, 0) is 42.6 Å². The van der Waals surface area contributed by atoms with Gasteiger partial charge in [0.2, 0.25) is 0 Å². The summed E-state index contributed by atoms with van der Waals surface area (Å²) in [5.41, 5.74) is 4.37. The molecule has 3 rings (SSSR count). The molecule has 0 fully saturated rings. The van der Waals surface area contributed by atoms with Crippen molar-refractivity contribution in [2.75, 3.05) is 12.8 Å². The monoisotopic (exact) mass is 297 g/mol. The maximum Gasteiger partial charge on any atom is 0.0182 e. The van der Waals surface area contributed by atoms with Crippen LogP contribution in [-0.4, -0.2) is 18.8 Å². The van der Waals surface area contributed by atoms with Crippen molar-refractivity contribution in [1.29, 1.82) is 0 Å². The van der Waals surface area contributed by atoms with Gasteiger partial charge in [-0.2, -0.15) is 0 Å². The Morgan fingerprint density at radius 3 is 2.52 bits per heavy atom. The summed E-state index contributed by atoms with van der Waals surface area (Å²) in [6, 6.07) is 18.5. The lowest BCUT2D eigenvalue weighted by atomic mass is 9.89. The zero-order valence-corrected chi connectivity index (χ0v) is 13.6. The van der Waals surface area contributed by atoms with Crippen molar-refractivity contribution < 1.29 is 0 Å². The van der Waals surface area contributed by atoms with E-state index in [-0.39, 0.29) is 0 Å². The molecule has 0 radical (unpaired) electrons. The first-order valence-electron chi connectivity index (χ1n) is 7.78. The van der Waals surface area contributed by atoms with Crippen LogP contribution in [0, 0.1) is 0 Å². The van der Waals surface area contributed by atoms with E-state index in [0.29, 0.717) is 12.0 Å². The highest BCUT2D eigenvalue weighted by Crippen LogP contribution is 2.41. The van der Waals surface area contributed by atoms with Gasteiger partial charge in [0.15, 0.2) is 0 Å². The van der Waals surface area contributed by atoms with Crippen molar-refractivity contribution in [2.45, 2.75) is 36.6 Å². The minimum absolute atomic E-state index is 0.508. The number of hydrogen-bond acceptors (Lipinski definition) is 2. The van der Waals surface area contributed by atoms with Crippen LogP contribution >= 0.6 is 11.8 Å². The third kappa shape index (κ3) is 3.17.